The van der Waals surface area contributed by atoms with Crippen molar-refractivity contribution in [3.63, 3.8) is 0 Å². The molecular formula is C14H18F2N2O. The highest BCUT2D eigenvalue weighted by atomic mass is 19.2. The van der Waals surface area contributed by atoms with Gasteiger partial charge in [0, 0.05) is 24.7 Å². The van der Waals surface area contributed by atoms with Crippen molar-refractivity contribution in [3.8, 4) is 0 Å². The van der Waals surface area contributed by atoms with Gasteiger partial charge in [-0.1, -0.05) is 12.8 Å². The number of nitrogens with zero attached hydrogens (tertiary/aromatic N) is 1. The summed E-state index contributed by atoms with van der Waals surface area (Å²) in [6.45, 7) is 0.814. The third kappa shape index (κ3) is 3.10. The van der Waals surface area contributed by atoms with Crippen LogP contribution in [-0.2, 0) is 0 Å². The number of nitrogens with two attached hydrogens (primary N) is 1. The molecule has 1 aromatic carbocycles. The van der Waals surface area contributed by atoms with E-state index in [0.717, 1.165) is 37.8 Å². The van der Waals surface area contributed by atoms with Crippen molar-refractivity contribution in [2.75, 3.05) is 13.1 Å². The van der Waals surface area contributed by atoms with Crippen LogP contribution in [0.15, 0.2) is 18.2 Å². The van der Waals surface area contributed by atoms with Crippen molar-refractivity contribution in [2.24, 2.45) is 5.73 Å². The molecule has 104 valence electrons. The van der Waals surface area contributed by atoms with Gasteiger partial charge in [0.15, 0.2) is 11.6 Å². The van der Waals surface area contributed by atoms with Crippen LogP contribution in [0.2, 0.25) is 0 Å². The zero-order valence-electron chi connectivity index (χ0n) is 10.7. The normalized spacial score (nSPS) is 15.7. The maximum Gasteiger partial charge on any atom is 0.254 e. The van der Waals surface area contributed by atoms with Gasteiger partial charge in [-0.2, -0.15) is 0 Å². The average Bonchev–Trinajstić information content (AvgIpc) is 2.92. The second-order valence-electron chi connectivity index (χ2n) is 4.85. The van der Waals surface area contributed by atoms with E-state index in [1.54, 1.807) is 4.90 Å². The lowest BCUT2D eigenvalue weighted by molar-refractivity contribution is 0.0687. The van der Waals surface area contributed by atoms with E-state index in [9.17, 15) is 13.6 Å². The molecule has 2 rings (SSSR count). The molecule has 2 N–H and O–H groups in total. The van der Waals surface area contributed by atoms with Crippen LogP contribution < -0.4 is 5.73 Å². The Balaban J connectivity index is 2.20. The van der Waals surface area contributed by atoms with Crippen LogP contribution in [0.4, 0.5) is 8.78 Å². The van der Waals surface area contributed by atoms with Crippen LogP contribution in [0.25, 0.3) is 0 Å². The molecule has 0 spiro atoms. The van der Waals surface area contributed by atoms with Gasteiger partial charge < -0.3 is 10.6 Å². The molecule has 1 amide bonds. The highest BCUT2D eigenvalue weighted by Crippen LogP contribution is 2.25. The van der Waals surface area contributed by atoms with E-state index in [4.69, 9.17) is 5.73 Å². The Morgan fingerprint density at radius 1 is 1.26 bits per heavy atom. The molecule has 0 unspecified atom stereocenters. The summed E-state index contributed by atoms with van der Waals surface area (Å²) in [7, 11) is 0. The Bertz CT molecular complexity index is 459. The number of carbonyl (C=O) groups excluding carboxylic acids is 1. The number of hydrogen-bond acceptors (Lipinski definition) is 2. The minimum atomic E-state index is -0.995. The molecule has 0 atom stereocenters. The van der Waals surface area contributed by atoms with Crippen LogP contribution in [0.1, 0.15) is 36.0 Å². The Hall–Kier alpha value is -1.49. The molecular weight excluding hydrogens is 250 g/mol. The molecule has 1 aromatic rings. The second kappa shape index (κ2) is 6.10. The summed E-state index contributed by atoms with van der Waals surface area (Å²) in [6, 6.07) is 3.43. The average molecular weight is 268 g/mol. The minimum absolute atomic E-state index is 0.171. The predicted molar refractivity (Wildman–Crippen MR) is 68.7 cm³/mol. The van der Waals surface area contributed by atoms with Crippen LogP contribution in [-0.4, -0.2) is 29.9 Å². The summed E-state index contributed by atoms with van der Waals surface area (Å²) >= 11 is 0. The molecule has 1 saturated carbocycles. The molecule has 0 aliphatic heterocycles. The number of rotatable bonds is 4. The number of hydrogen-bond donors (Lipinski definition) is 1. The SMILES string of the molecule is NCCN(C(=O)c1ccc(F)c(F)c1)C1CCCC1. The number of halogens is 2. The van der Waals surface area contributed by atoms with E-state index in [0.29, 0.717) is 13.1 Å². The molecule has 0 bridgehead atoms. The zero-order valence-corrected chi connectivity index (χ0v) is 10.7. The molecule has 1 aliphatic carbocycles. The van der Waals surface area contributed by atoms with Gasteiger partial charge in [-0.15, -0.1) is 0 Å². The smallest absolute Gasteiger partial charge is 0.254 e. The molecule has 0 saturated heterocycles. The molecule has 0 heterocycles. The zero-order chi connectivity index (χ0) is 13.8. The Morgan fingerprint density at radius 2 is 1.95 bits per heavy atom. The maximum absolute atomic E-state index is 13.2. The van der Waals surface area contributed by atoms with Gasteiger partial charge in [-0.05, 0) is 31.0 Å². The van der Waals surface area contributed by atoms with Gasteiger partial charge in [-0.3, -0.25) is 4.79 Å². The fourth-order valence-electron chi connectivity index (χ4n) is 2.60. The van der Waals surface area contributed by atoms with Crippen molar-refractivity contribution in [1.82, 2.24) is 4.90 Å². The van der Waals surface area contributed by atoms with E-state index >= 15 is 0 Å². The third-order valence-electron chi connectivity index (χ3n) is 3.56. The molecule has 1 aliphatic rings. The summed E-state index contributed by atoms with van der Waals surface area (Å²) < 4.78 is 26.1. The lowest BCUT2D eigenvalue weighted by Crippen LogP contribution is -2.42. The molecule has 19 heavy (non-hydrogen) atoms. The summed E-state index contributed by atoms with van der Waals surface area (Å²) in [5.74, 6) is -2.20. The number of amides is 1. The van der Waals surface area contributed by atoms with Crippen molar-refractivity contribution < 1.29 is 13.6 Å². The van der Waals surface area contributed by atoms with Gasteiger partial charge >= 0.3 is 0 Å². The minimum Gasteiger partial charge on any atom is -0.334 e. The van der Waals surface area contributed by atoms with Crippen LogP contribution >= 0.6 is 0 Å². The molecule has 3 nitrogen and oxygen atoms in total. The van der Waals surface area contributed by atoms with Gasteiger partial charge in [-0.25, -0.2) is 8.78 Å². The lowest BCUT2D eigenvalue weighted by Gasteiger charge is -2.28. The van der Waals surface area contributed by atoms with Crippen molar-refractivity contribution in [3.05, 3.63) is 35.4 Å². The van der Waals surface area contributed by atoms with Crippen molar-refractivity contribution in [2.45, 2.75) is 31.7 Å². The Kier molecular flexibility index (Phi) is 4.47. The first-order valence-electron chi connectivity index (χ1n) is 6.59. The molecule has 5 heteroatoms. The van der Waals surface area contributed by atoms with E-state index in [2.05, 4.69) is 0 Å². The molecule has 0 radical (unpaired) electrons. The first-order valence-corrected chi connectivity index (χ1v) is 6.59. The van der Waals surface area contributed by atoms with E-state index in [1.807, 2.05) is 0 Å². The third-order valence-corrected chi connectivity index (χ3v) is 3.56. The van der Waals surface area contributed by atoms with E-state index < -0.39 is 11.6 Å². The summed E-state index contributed by atoms with van der Waals surface area (Å²) in [5, 5.41) is 0. The van der Waals surface area contributed by atoms with E-state index in [-0.39, 0.29) is 17.5 Å². The van der Waals surface area contributed by atoms with Gasteiger partial charge in [0.05, 0.1) is 0 Å². The standard InChI is InChI=1S/C14H18F2N2O/c15-12-6-5-10(9-13(12)16)14(19)18(8-7-17)11-3-1-2-4-11/h5-6,9,11H,1-4,7-8,17H2. The largest absolute Gasteiger partial charge is 0.334 e. The quantitative estimate of drug-likeness (QED) is 0.910. The van der Waals surface area contributed by atoms with Crippen LogP contribution in [0, 0.1) is 11.6 Å². The topological polar surface area (TPSA) is 46.3 Å². The monoisotopic (exact) mass is 268 g/mol. The number of carbonyl (C=O) groups is 1. The molecule has 0 aromatic heterocycles. The summed E-state index contributed by atoms with van der Waals surface area (Å²) in [6.07, 6.45) is 4.10. The van der Waals surface area contributed by atoms with Gasteiger partial charge in [0.2, 0.25) is 0 Å². The maximum atomic E-state index is 13.2. The van der Waals surface area contributed by atoms with Crippen LogP contribution in [0.5, 0.6) is 0 Å². The van der Waals surface area contributed by atoms with Crippen molar-refractivity contribution >= 4 is 5.91 Å². The number of benzene rings is 1. The summed E-state index contributed by atoms with van der Waals surface area (Å²) in [5.41, 5.74) is 5.72. The van der Waals surface area contributed by atoms with Crippen molar-refractivity contribution in [1.29, 1.82) is 0 Å². The highest BCUT2D eigenvalue weighted by Gasteiger charge is 2.27. The van der Waals surface area contributed by atoms with E-state index in [1.165, 1.54) is 6.07 Å². The fraction of sp³-hybridized carbons (Fsp3) is 0.500. The Morgan fingerprint density at radius 3 is 2.53 bits per heavy atom. The Labute approximate surface area is 111 Å². The van der Waals surface area contributed by atoms with Gasteiger partial charge in [0.25, 0.3) is 5.91 Å². The summed E-state index contributed by atoms with van der Waals surface area (Å²) in [4.78, 5) is 14.1. The van der Waals surface area contributed by atoms with Gasteiger partial charge in [0.1, 0.15) is 0 Å². The predicted octanol–water partition coefficient (Wildman–Crippen LogP) is 2.31. The first kappa shape index (κ1) is 13.9. The fourth-order valence-corrected chi connectivity index (χ4v) is 2.60. The highest BCUT2D eigenvalue weighted by molar-refractivity contribution is 5.94. The second-order valence-corrected chi connectivity index (χ2v) is 4.85. The molecule has 1 fully saturated rings. The lowest BCUT2D eigenvalue weighted by atomic mass is 10.1. The van der Waals surface area contributed by atoms with Crippen LogP contribution in [0.3, 0.4) is 0 Å². The first-order chi connectivity index (χ1) is 9.13.